The Morgan fingerprint density at radius 1 is 0.192 bits per heavy atom. The second-order valence-corrected chi connectivity index (χ2v) is 13.6. The van der Waals surface area contributed by atoms with E-state index in [4.69, 9.17) is 0 Å². The van der Waals surface area contributed by atoms with E-state index in [1.807, 2.05) is 0 Å². The van der Waals surface area contributed by atoms with Gasteiger partial charge in [-0.05, 0) is 117 Å². The van der Waals surface area contributed by atoms with E-state index in [9.17, 15) is 0 Å². The summed E-state index contributed by atoms with van der Waals surface area (Å²) >= 11 is 0. The normalized spacial score (nSPS) is 11.5. The van der Waals surface area contributed by atoms with Crippen LogP contribution >= 0.6 is 0 Å². The van der Waals surface area contributed by atoms with Gasteiger partial charge in [0.15, 0.2) is 0 Å². The van der Waals surface area contributed by atoms with Crippen molar-refractivity contribution >= 4 is 43.1 Å². The number of benzene rings is 10. The van der Waals surface area contributed by atoms with Crippen LogP contribution in [0.3, 0.4) is 0 Å². The summed E-state index contributed by atoms with van der Waals surface area (Å²) in [5.74, 6) is 0. The van der Waals surface area contributed by atoms with Crippen molar-refractivity contribution in [1.29, 1.82) is 0 Å². The van der Waals surface area contributed by atoms with Crippen LogP contribution in [0.15, 0.2) is 206 Å². The molecule has 10 aromatic rings. The zero-order valence-corrected chi connectivity index (χ0v) is 28.6. The van der Waals surface area contributed by atoms with Gasteiger partial charge in [0.2, 0.25) is 0 Å². The first-order valence-electron chi connectivity index (χ1n) is 18.0. The monoisotopic (exact) mass is 658 g/mol. The summed E-state index contributed by atoms with van der Waals surface area (Å²) in [6.07, 6.45) is 0. The van der Waals surface area contributed by atoms with E-state index in [1.165, 1.54) is 98.7 Å². The molecule has 0 heteroatoms. The Hall–Kier alpha value is -6.76. The molecule has 10 rings (SSSR count). The Morgan fingerprint density at radius 3 is 1.50 bits per heavy atom. The quantitative estimate of drug-likeness (QED) is 0.161. The first-order valence-corrected chi connectivity index (χ1v) is 18.0. The third-order valence-corrected chi connectivity index (χ3v) is 10.6. The molecule has 0 amide bonds. The zero-order chi connectivity index (χ0) is 34.4. The van der Waals surface area contributed by atoms with Crippen molar-refractivity contribution in [3.05, 3.63) is 206 Å². The van der Waals surface area contributed by atoms with Crippen molar-refractivity contribution in [3.8, 4) is 55.6 Å². The highest BCUT2D eigenvalue weighted by Crippen LogP contribution is 2.48. The Labute approximate surface area is 303 Å². The summed E-state index contributed by atoms with van der Waals surface area (Å²) in [4.78, 5) is 0. The highest BCUT2D eigenvalue weighted by Gasteiger charge is 2.21. The lowest BCUT2D eigenvalue weighted by atomic mass is 9.82. The van der Waals surface area contributed by atoms with E-state index in [2.05, 4.69) is 206 Å². The Morgan fingerprint density at radius 2 is 0.692 bits per heavy atom. The molecule has 0 fully saturated rings. The van der Waals surface area contributed by atoms with Crippen molar-refractivity contribution in [3.63, 3.8) is 0 Å². The third-order valence-electron chi connectivity index (χ3n) is 10.6. The van der Waals surface area contributed by atoms with Crippen LogP contribution in [0.1, 0.15) is 0 Å². The molecule has 0 heterocycles. The van der Waals surface area contributed by atoms with E-state index in [1.54, 1.807) is 0 Å². The molecule has 0 atom stereocenters. The maximum Gasteiger partial charge on any atom is -0.00199 e. The topological polar surface area (TPSA) is 0 Å². The minimum absolute atomic E-state index is 1.20. The second-order valence-electron chi connectivity index (χ2n) is 13.6. The van der Waals surface area contributed by atoms with Gasteiger partial charge in [-0.15, -0.1) is 0 Å². The fraction of sp³-hybridized carbons (Fsp3) is 0. The molecule has 0 radical (unpaired) electrons. The standard InChI is InChI=1S/C52H34/c1-2-14-35(15-3-1)39-20-12-21-40(32-39)41-30-31-49-50(34-41)52(45-24-9-8-23-44(45)42-29-28-36-16-4-5-18-38(36)33-42)48-26-11-10-25-47(48)51(49)46-27-13-19-37-17-6-7-22-43(37)46/h1-34H. The van der Waals surface area contributed by atoms with Crippen LogP contribution in [-0.4, -0.2) is 0 Å². The van der Waals surface area contributed by atoms with Crippen molar-refractivity contribution in [2.45, 2.75) is 0 Å². The van der Waals surface area contributed by atoms with E-state index in [0.29, 0.717) is 0 Å². The molecule has 242 valence electrons. The largest absolute Gasteiger partial charge is 0.0622 e. The van der Waals surface area contributed by atoms with E-state index < -0.39 is 0 Å². The van der Waals surface area contributed by atoms with Gasteiger partial charge in [-0.1, -0.05) is 188 Å². The molecule has 0 saturated carbocycles. The molecule has 0 aliphatic rings. The highest BCUT2D eigenvalue weighted by atomic mass is 14.2. The minimum Gasteiger partial charge on any atom is -0.0622 e. The SMILES string of the molecule is c1ccc(-c2cccc(-c3ccc4c(-c5cccc6ccccc56)c5ccccc5c(-c5ccccc5-c5ccc6ccccc6c5)c4c3)c2)cc1. The maximum absolute atomic E-state index is 2.44. The Bertz CT molecular complexity index is 2940. The average Bonchev–Trinajstić information content (AvgIpc) is 3.22. The molecular weight excluding hydrogens is 625 g/mol. The molecule has 0 aliphatic heterocycles. The van der Waals surface area contributed by atoms with Crippen molar-refractivity contribution in [1.82, 2.24) is 0 Å². The summed E-state index contributed by atoms with van der Waals surface area (Å²) < 4.78 is 0. The zero-order valence-electron chi connectivity index (χ0n) is 28.6. The van der Waals surface area contributed by atoms with Gasteiger partial charge in [0.05, 0.1) is 0 Å². The van der Waals surface area contributed by atoms with Gasteiger partial charge in [0.1, 0.15) is 0 Å². The summed E-state index contributed by atoms with van der Waals surface area (Å²) in [7, 11) is 0. The van der Waals surface area contributed by atoms with E-state index >= 15 is 0 Å². The van der Waals surface area contributed by atoms with E-state index in [-0.39, 0.29) is 0 Å². The molecule has 0 aliphatic carbocycles. The Kier molecular flexibility index (Phi) is 7.25. The van der Waals surface area contributed by atoms with Gasteiger partial charge in [-0.2, -0.15) is 0 Å². The predicted octanol–water partition coefficient (Wildman–Crippen LogP) is 14.6. The maximum atomic E-state index is 2.44. The minimum atomic E-state index is 1.20. The van der Waals surface area contributed by atoms with Crippen molar-refractivity contribution in [2.24, 2.45) is 0 Å². The molecule has 10 aromatic carbocycles. The van der Waals surface area contributed by atoms with Crippen LogP contribution in [0.2, 0.25) is 0 Å². The van der Waals surface area contributed by atoms with Crippen LogP contribution in [-0.2, 0) is 0 Å². The lowest BCUT2D eigenvalue weighted by molar-refractivity contribution is 1.59. The van der Waals surface area contributed by atoms with Gasteiger partial charge in [-0.25, -0.2) is 0 Å². The van der Waals surface area contributed by atoms with Crippen LogP contribution in [0, 0.1) is 0 Å². The molecule has 0 saturated heterocycles. The van der Waals surface area contributed by atoms with Gasteiger partial charge in [0, 0.05) is 0 Å². The van der Waals surface area contributed by atoms with Crippen molar-refractivity contribution < 1.29 is 0 Å². The molecule has 0 nitrogen and oxygen atoms in total. The summed E-state index contributed by atoms with van der Waals surface area (Å²) in [5.41, 5.74) is 12.3. The van der Waals surface area contributed by atoms with E-state index in [0.717, 1.165) is 0 Å². The van der Waals surface area contributed by atoms with Gasteiger partial charge in [-0.3, -0.25) is 0 Å². The highest BCUT2D eigenvalue weighted by molar-refractivity contribution is 6.25. The van der Waals surface area contributed by atoms with Crippen LogP contribution in [0.5, 0.6) is 0 Å². The first-order chi connectivity index (χ1) is 25.8. The molecule has 0 spiro atoms. The second kappa shape index (κ2) is 12.5. The average molecular weight is 659 g/mol. The third kappa shape index (κ3) is 5.08. The molecule has 0 N–H and O–H groups in total. The van der Waals surface area contributed by atoms with Crippen LogP contribution < -0.4 is 0 Å². The molecule has 52 heavy (non-hydrogen) atoms. The number of hydrogen-bond donors (Lipinski definition) is 0. The van der Waals surface area contributed by atoms with Crippen molar-refractivity contribution in [2.75, 3.05) is 0 Å². The van der Waals surface area contributed by atoms with Crippen LogP contribution in [0.4, 0.5) is 0 Å². The molecule has 0 unspecified atom stereocenters. The van der Waals surface area contributed by atoms with Gasteiger partial charge < -0.3 is 0 Å². The smallest absolute Gasteiger partial charge is 0.00199 e. The number of fused-ring (bicyclic) bond motifs is 4. The Balaban J connectivity index is 1.30. The first kappa shape index (κ1) is 30.1. The van der Waals surface area contributed by atoms with Crippen LogP contribution in [0.25, 0.3) is 98.7 Å². The number of rotatable bonds is 5. The lowest BCUT2D eigenvalue weighted by Crippen LogP contribution is -1.94. The molecule has 0 aromatic heterocycles. The summed E-state index contributed by atoms with van der Waals surface area (Å²) in [6, 6.07) is 75.7. The lowest BCUT2D eigenvalue weighted by Gasteiger charge is -2.21. The molecular formula is C52H34. The molecule has 0 bridgehead atoms. The summed E-state index contributed by atoms with van der Waals surface area (Å²) in [5, 5.41) is 10.0. The summed E-state index contributed by atoms with van der Waals surface area (Å²) in [6.45, 7) is 0. The van der Waals surface area contributed by atoms with Gasteiger partial charge >= 0.3 is 0 Å². The number of hydrogen-bond acceptors (Lipinski definition) is 0. The predicted molar refractivity (Wildman–Crippen MR) is 224 cm³/mol. The fourth-order valence-corrected chi connectivity index (χ4v) is 8.20. The fourth-order valence-electron chi connectivity index (χ4n) is 8.20. The van der Waals surface area contributed by atoms with Gasteiger partial charge in [0.25, 0.3) is 0 Å².